The van der Waals surface area contributed by atoms with E-state index in [9.17, 15) is 9.59 Å². The average molecular weight is 329 g/mol. The minimum absolute atomic E-state index is 0.112. The molecule has 1 aromatic carbocycles. The molecule has 0 spiro atoms. The van der Waals surface area contributed by atoms with E-state index in [0.29, 0.717) is 31.7 Å². The molecule has 0 bridgehead atoms. The van der Waals surface area contributed by atoms with E-state index in [2.05, 4.69) is 16.7 Å². The summed E-state index contributed by atoms with van der Waals surface area (Å²) in [5.41, 5.74) is 2.30. The molecule has 1 unspecified atom stereocenters. The number of anilines is 1. The highest BCUT2D eigenvalue weighted by Gasteiger charge is 2.23. The van der Waals surface area contributed by atoms with Crippen molar-refractivity contribution in [2.45, 2.75) is 38.5 Å². The zero-order valence-electron chi connectivity index (χ0n) is 14.2. The first-order valence-corrected chi connectivity index (χ1v) is 9.10. The fourth-order valence-corrected chi connectivity index (χ4v) is 3.58. The lowest BCUT2D eigenvalue weighted by Crippen LogP contribution is -2.30. The van der Waals surface area contributed by atoms with E-state index in [0.717, 1.165) is 38.2 Å². The van der Waals surface area contributed by atoms with Gasteiger partial charge in [-0.15, -0.1) is 0 Å². The van der Waals surface area contributed by atoms with E-state index >= 15 is 0 Å². The van der Waals surface area contributed by atoms with Crippen molar-refractivity contribution < 1.29 is 9.59 Å². The summed E-state index contributed by atoms with van der Waals surface area (Å²) in [5, 5.41) is 6.26. The fourth-order valence-electron chi connectivity index (χ4n) is 3.58. The molecule has 2 aliphatic heterocycles. The third-order valence-electron chi connectivity index (χ3n) is 5.02. The van der Waals surface area contributed by atoms with E-state index in [1.54, 1.807) is 0 Å². The number of hydrogen-bond donors (Lipinski definition) is 2. The van der Waals surface area contributed by atoms with Crippen molar-refractivity contribution in [3.8, 4) is 0 Å². The quantitative estimate of drug-likeness (QED) is 0.751. The molecular weight excluding hydrogens is 302 g/mol. The Kier molecular flexibility index (Phi) is 5.86. The van der Waals surface area contributed by atoms with Crippen LogP contribution in [0.3, 0.4) is 0 Å². The molecule has 0 radical (unpaired) electrons. The summed E-state index contributed by atoms with van der Waals surface area (Å²) in [7, 11) is 0. The van der Waals surface area contributed by atoms with Crippen molar-refractivity contribution in [2.75, 3.05) is 31.1 Å². The van der Waals surface area contributed by atoms with Gasteiger partial charge in [-0.05, 0) is 56.3 Å². The summed E-state index contributed by atoms with van der Waals surface area (Å²) in [6, 6.07) is 8.09. The maximum atomic E-state index is 12.4. The molecule has 5 heteroatoms. The van der Waals surface area contributed by atoms with Crippen LogP contribution in [0, 0.1) is 5.92 Å². The molecule has 130 valence electrons. The molecule has 2 N–H and O–H groups in total. The molecule has 24 heavy (non-hydrogen) atoms. The Morgan fingerprint density at radius 1 is 1.25 bits per heavy atom. The molecule has 1 saturated heterocycles. The third-order valence-corrected chi connectivity index (χ3v) is 5.02. The molecule has 1 atom stereocenters. The second kappa shape index (κ2) is 8.29. The number of nitrogens with one attached hydrogen (secondary N) is 2. The Hall–Kier alpha value is -1.88. The van der Waals surface area contributed by atoms with Gasteiger partial charge in [0, 0.05) is 31.6 Å². The lowest BCUT2D eigenvalue weighted by molar-refractivity contribution is -0.122. The maximum Gasteiger partial charge on any atom is 0.227 e. The minimum atomic E-state index is 0.112. The largest absolute Gasteiger partial charge is 0.356 e. The summed E-state index contributed by atoms with van der Waals surface area (Å²) in [6.07, 6.45) is 4.87. The highest BCUT2D eigenvalue weighted by Crippen LogP contribution is 2.27. The number of carbonyl (C=O) groups excluding carboxylic acids is 2. The molecule has 3 rings (SSSR count). The van der Waals surface area contributed by atoms with Crippen LogP contribution in [0.5, 0.6) is 0 Å². The molecule has 5 nitrogen and oxygen atoms in total. The Bertz CT molecular complexity index is 582. The summed E-state index contributed by atoms with van der Waals surface area (Å²) >= 11 is 0. The monoisotopic (exact) mass is 329 g/mol. The molecule has 0 aliphatic carbocycles. The van der Waals surface area contributed by atoms with Gasteiger partial charge in [-0.1, -0.05) is 18.2 Å². The number of fused-ring (bicyclic) bond motifs is 1. The van der Waals surface area contributed by atoms with Crippen LogP contribution in [0.25, 0.3) is 0 Å². The van der Waals surface area contributed by atoms with E-state index in [4.69, 9.17) is 0 Å². The molecule has 0 aromatic heterocycles. The predicted molar refractivity (Wildman–Crippen MR) is 95.0 cm³/mol. The van der Waals surface area contributed by atoms with Gasteiger partial charge in [0.25, 0.3) is 0 Å². The number of hydrogen-bond acceptors (Lipinski definition) is 3. The minimum Gasteiger partial charge on any atom is -0.356 e. The zero-order valence-corrected chi connectivity index (χ0v) is 14.2. The second-order valence-electron chi connectivity index (χ2n) is 6.78. The van der Waals surface area contributed by atoms with Gasteiger partial charge in [0.1, 0.15) is 0 Å². The van der Waals surface area contributed by atoms with Gasteiger partial charge in [0.2, 0.25) is 11.8 Å². The van der Waals surface area contributed by atoms with Crippen LogP contribution in [0.2, 0.25) is 0 Å². The Balaban J connectivity index is 1.32. The number of rotatable bonds is 7. The molecule has 1 aromatic rings. The molecule has 0 saturated carbocycles. The summed E-state index contributed by atoms with van der Waals surface area (Å²) < 4.78 is 0. The van der Waals surface area contributed by atoms with E-state index in [-0.39, 0.29) is 11.8 Å². The van der Waals surface area contributed by atoms with Gasteiger partial charge in [0.15, 0.2) is 0 Å². The van der Waals surface area contributed by atoms with E-state index in [1.165, 1.54) is 12.0 Å². The predicted octanol–water partition coefficient (Wildman–Crippen LogP) is 1.86. The van der Waals surface area contributed by atoms with Gasteiger partial charge in [-0.25, -0.2) is 0 Å². The first kappa shape index (κ1) is 17.0. The van der Waals surface area contributed by atoms with Gasteiger partial charge in [-0.3, -0.25) is 9.59 Å². The van der Waals surface area contributed by atoms with Crippen molar-refractivity contribution in [1.82, 2.24) is 10.6 Å². The van der Waals surface area contributed by atoms with Crippen LogP contribution in [0.4, 0.5) is 5.69 Å². The van der Waals surface area contributed by atoms with Gasteiger partial charge in [0.05, 0.1) is 0 Å². The van der Waals surface area contributed by atoms with Crippen LogP contribution < -0.4 is 15.5 Å². The molecule has 2 amide bonds. The number of amides is 2. The van der Waals surface area contributed by atoms with Crippen LogP contribution in [0.1, 0.15) is 37.7 Å². The number of carbonyl (C=O) groups is 2. The van der Waals surface area contributed by atoms with E-state index < -0.39 is 0 Å². The topological polar surface area (TPSA) is 61.4 Å². The lowest BCUT2D eigenvalue weighted by Gasteiger charge is -2.17. The SMILES string of the molecule is O=C(CCC1CCNC1)NCCCC(=O)N1CCc2ccccc21. The van der Waals surface area contributed by atoms with Crippen LogP contribution >= 0.6 is 0 Å². The Labute approximate surface area is 143 Å². The maximum absolute atomic E-state index is 12.4. The zero-order chi connectivity index (χ0) is 16.8. The molecular formula is C19H27N3O2. The first-order chi connectivity index (χ1) is 11.7. The van der Waals surface area contributed by atoms with Crippen molar-refractivity contribution in [2.24, 2.45) is 5.92 Å². The highest BCUT2D eigenvalue weighted by atomic mass is 16.2. The molecule has 1 fully saturated rings. The summed E-state index contributed by atoms with van der Waals surface area (Å²) in [5.74, 6) is 0.916. The van der Waals surface area contributed by atoms with Crippen LogP contribution in [0.15, 0.2) is 24.3 Å². The third kappa shape index (κ3) is 4.35. The smallest absolute Gasteiger partial charge is 0.227 e. The van der Waals surface area contributed by atoms with Crippen LogP contribution in [-0.2, 0) is 16.0 Å². The van der Waals surface area contributed by atoms with Gasteiger partial charge >= 0.3 is 0 Å². The summed E-state index contributed by atoms with van der Waals surface area (Å²) in [6.45, 7) is 3.48. The van der Waals surface area contributed by atoms with Gasteiger partial charge in [-0.2, -0.15) is 0 Å². The Morgan fingerprint density at radius 3 is 2.96 bits per heavy atom. The standard InChI is InChI=1S/C19H27N3O2/c23-18(8-7-15-9-12-20-14-15)21-11-3-6-19(24)22-13-10-16-4-1-2-5-17(16)22/h1-2,4-5,15,20H,3,6-14H2,(H,21,23). The van der Waals surface area contributed by atoms with Crippen molar-refractivity contribution in [3.05, 3.63) is 29.8 Å². The lowest BCUT2D eigenvalue weighted by atomic mass is 10.0. The van der Waals surface area contributed by atoms with Crippen molar-refractivity contribution >= 4 is 17.5 Å². The van der Waals surface area contributed by atoms with E-state index in [1.807, 2.05) is 23.1 Å². The average Bonchev–Trinajstić information content (AvgIpc) is 3.26. The number of nitrogens with zero attached hydrogens (tertiary/aromatic N) is 1. The number of para-hydroxylation sites is 1. The summed E-state index contributed by atoms with van der Waals surface area (Å²) in [4.78, 5) is 26.1. The highest BCUT2D eigenvalue weighted by molar-refractivity contribution is 5.95. The van der Waals surface area contributed by atoms with Gasteiger partial charge < -0.3 is 15.5 Å². The Morgan fingerprint density at radius 2 is 2.12 bits per heavy atom. The normalized spacial score (nSPS) is 19.3. The van der Waals surface area contributed by atoms with Crippen molar-refractivity contribution in [1.29, 1.82) is 0 Å². The fraction of sp³-hybridized carbons (Fsp3) is 0.579. The first-order valence-electron chi connectivity index (χ1n) is 9.10. The molecule has 2 heterocycles. The molecule has 2 aliphatic rings. The van der Waals surface area contributed by atoms with Crippen molar-refractivity contribution in [3.63, 3.8) is 0 Å². The second-order valence-corrected chi connectivity index (χ2v) is 6.78. The van der Waals surface area contributed by atoms with Crippen LogP contribution in [-0.4, -0.2) is 38.0 Å². The number of benzene rings is 1.